The van der Waals surface area contributed by atoms with Gasteiger partial charge < -0.3 is 21.3 Å². The minimum atomic E-state index is -0.333. The number of benzene rings is 1. The van der Waals surface area contributed by atoms with Crippen LogP contribution >= 0.6 is 0 Å². The van der Waals surface area contributed by atoms with E-state index in [-0.39, 0.29) is 12.7 Å². The van der Waals surface area contributed by atoms with Crippen molar-refractivity contribution in [2.45, 2.75) is 33.3 Å². The molecule has 0 saturated carbocycles. The summed E-state index contributed by atoms with van der Waals surface area (Å²) in [5, 5.41) is 20.5. The van der Waals surface area contributed by atoms with E-state index in [1.807, 2.05) is 37.3 Å². The first-order valence-electron chi connectivity index (χ1n) is 6.92. The molecule has 0 radical (unpaired) electrons. The van der Waals surface area contributed by atoms with Gasteiger partial charge in [-0.25, -0.2) is 0 Å². The van der Waals surface area contributed by atoms with Gasteiger partial charge in [-0.1, -0.05) is 44.2 Å². The molecule has 0 heterocycles. The number of aliphatic hydroxyl groups is 2. The molecule has 4 nitrogen and oxygen atoms in total. The highest BCUT2D eigenvalue weighted by atomic mass is 16.3. The number of rotatable bonds is 5. The Bertz CT molecular complexity index is 254. The van der Waals surface area contributed by atoms with Gasteiger partial charge in [-0.3, -0.25) is 0 Å². The lowest BCUT2D eigenvalue weighted by Gasteiger charge is -2.10. The van der Waals surface area contributed by atoms with Gasteiger partial charge in [0.2, 0.25) is 0 Å². The van der Waals surface area contributed by atoms with Gasteiger partial charge in [0.05, 0.1) is 6.10 Å². The molecule has 0 spiro atoms. The predicted octanol–water partition coefficient (Wildman–Crippen LogP) is 1.68. The van der Waals surface area contributed by atoms with E-state index in [2.05, 4.69) is 12.2 Å². The zero-order valence-electron chi connectivity index (χ0n) is 12.5. The Balaban J connectivity index is 0. The Kier molecular flexibility index (Phi) is 18.3. The zero-order valence-corrected chi connectivity index (χ0v) is 12.5. The molecule has 1 unspecified atom stereocenters. The van der Waals surface area contributed by atoms with Crippen LogP contribution in [-0.2, 0) is 0 Å². The smallest absolute Gasteiger partial charge is 0.0802 e. The van der Waals surface area contributed by atoms with Crippen molar-refractivity contribution in [1.82, 2.24) is 5.32 Å². The highest BCUT2D eigenvalue weighted by molar-refractivity contribution is 5.17. The number of nitrogens with one attached hydrogen (secondary N) is 1. The Morgan fingerprint density at radius 2 is 1.63 bits per heavy atom. The predicted molar refractivity (Wildman–Crippen MR) is 82.1 cm³/mol. The first-order chi connectivity index (χ1) is 9.17. The number of nitrogens with two attached hydrogens (primary N) is 1. The molecule has 112 valence electrons. The van der Waals surface area contributed by atoms with E-state index in [1.165, 1.54) is 0 Å². The fourth-order valence-electron chi connectivity index (χ4n) is 1.26. The first kappa shape index (κ1) is 20.4. The van der Waals surface area contributed by atoms with E-state index in [0.717, 1.165) is 31.6 Å². The molecule has 5 N–H and O–H groups in total. The molecule has 0 amide bonds. The second-order valence-electron chi connectivity index (χ2n) is 3.79. The molecule has 1 aromatic carbocycles. The van der Waals surface area contributed by atoms with Gasteiger partial charge >= 0.3 is 0 Å². The molecule has 0 aromatic heterocycles. The topological polar surface area (TPSA) is 78.5 Å². The molecule has 0 fully saturated rings. The maximum Gasteiger partial charge on any atom is 0.0802 e. The summed E-state index contributed by atoms with van der Waals surface area (Å²) in [6.45, 7) is 8.48. The zero-order chi connectivity index (χ0) is 14.9. The summed E-state index contributed by atoms with van der Waals surface area (Å²) < 4.78 is 0. The van der Waals surface area contributed by atoms with Crippen LogP contribution < -0.4 is 11.1 Å². The third-order valence-corrected chi connectivity index (χ3v) is 2.03. The van der Waals surface area contributed by atoms with Crippen molar-refractivity contribution in [3.05, 3.63) is 35.9 Å². The van der Waals surface area contributed by atoms with E-state index < -0.39 is 0 Å². The normalized spacial score (nSPS) is 10.6. The minimum Gasteiger partial charge on any atom is -0.397 e. The summed E-state index contributed by atoms with van der Waals surface area (Å²) in [5.74, 6) is 0. The molecular weight excluding hydrogens is 240 g/mol. The summed E-state index contributed by atoms with van der Waals surface area (Å²) in [6, 6.07) is 9.77. The fraction of sp³-hybridized carbons (Fsp3) is 0.600. The van der Waals surface area contributed by atoms with Crippen molar-refractivity contribution in [2.24, 2.45) is 5.73 Å². The lowest BCUT2D eigenvalue weighted by atomic mass is 10.1. The Morgan fingerprint density at radius 3 is 2.05 bits per heavy atom. The van der Waals surface area contributed by atoms with Crippen LogP contribution in [0.3, 0.4) is 0 Å². The average molecular weight is 270 g/mol. The molecule has 1 aromatic rings. The lowest BCUT2D eigenvalue weighted by molar-refractivity contribution is 0.167. The SMILES string of the molecule is CCN.CCNCCC(O)c1ccccc1.CCO. The summed E-state index contributed by atoms with van der Waals surface area (Å²) in [7, 11) is 0. The summed E-state index contributed by atoms with van der Waals surface area (Å²) in [6.07, 6.45) is 0.443. The molecule has 0 bridgehead atoms. The van der Waals surface area contributed by atoms with Crippen LogP contribution in [0.2, 0.25) is 0 Å². The summed E-state index contributed by atoms with van der Waals surface area (Å²) in [4.78, 5) is 0. The number of aliphatic hydroxyl groups excluding tert-OH is 2. The van der Waals surface area contributed by atoms with Crippen LogP contribution in [0.1, 0.15) is 38.9 Å². The average Bonchev–Trinajstić information content (AvgIpc) is 2.42. The van der Waals surface area contributed by atoms with Crippen molar-refractivity contribution < 1.29 is 10.2 Å². The second kappa shape index (κ2) is 17.1. The quantitative estimate of drug-likeness (QED) is 0.614. The third-order valence-electron chi connectivity index (χ3n) is 2.03. The molecule has 4 heteroatoms. The van der Waals surface area contributed by atoms with Gasteiger partial charge in [-0.05, 0) is 38.5 Å². The summed E-state index contributed by atoms with van der Waals surface area (Å²) >= 11 is 0. The van der Waals surface area contributed by atoms with Crippen molar-refractivity contribution in [3.63, 3.8) is 0 Å². The molecule has 1 atom stereocenters. The van der Waals surface area contributed by atoms with E-state index in [1.54, 1.807) is 6.92 Å². The van der Waals surface area contributed by atoms with Crippen LogP contribution in [-0.4, -0.2) is 36.5 Å². The second-order valence-corrected chi connectivity index (χ2v) is 3.79. The Hall–Kier alpha value is -0.940. The largest absolute Gasteiger partial charge is 0.397 e. The highest BCUT2D eigenvalue weighted by Crippen LogP contribution is 2.14. The maximum atomic E-state index is 9.71. The minimum absolute atomic E-state index is 0.250. The Morgan fingerprint density at radius 1 is 1.16 bits per heavy atom. The van der Waals surface area contributed by atoms with E-state index >= 15 is 0 Å². The Labute approximate surface area is 117 Å². The van der Waals surface area contributed by atoms with Crippen LogP contribution in [0.15, 0.2) is 30.3 Å². The third kappa shape index (κ3) is 15.0. The van der Waals surface area contributed by atoms with Crippen LogP contribution in [0.5, 0.6) is 0 Å². The standard InChI is InChI=1S/C11H17NO.C2H7N.C2H6O/c1-2-12-9-8-11(13)10-6-4-3-5-7-10;2*1-2-3/h3-7,11-13H,2,8-9H2,1H3;2-3H2,1H3;3H,2H2,1H3. The van der Waals surface area contributed by atoms with Crippen LogP contribution in [0, 0.1) is 0 Å². The van der Waals surface area contributed by atoms with E-state index in [0.29, 0.717) is 0 Å². The van der Waals surface area contributed by atoms with Gasteiger partial charge in [0.25, 0.3) is 0 Å². The van der Waals surface area contributed by atoms with Gasteiger partial charge in [-0.2, -0.15) is 0 Å². The molecule has 19 heavy (non-hydrogen) atoms. The maximum absolute atomic E-state index is 9.71. The molecule has 0 aliphatic carbocycles. The van der Waals surface area contributed by atoms with Crippen LogP contribution in [0.25, 0.3) is 0 Å². The van der Waals surface area contributed by atoms with E-state index in [4.69, 9.17) is 10.8 Å². The van der Waals surface area contributed by atoms with E-state index in [9.17, 15) is 5.11 Å². The monoisotopic (exact) mass is 270 g/mol. The molecule has 0 aliphatic heterocycles. The van der Waals surface area contributed by atoms with Crippen LogP contribution in [0.4, 0.5) is 0 Å². The lowest BCUT2D eigenvalue weighted by Crippen LogP contribution is -2.16. The van der Waals surface area contributed by atoms with Crippen molar-refractivity contribution >= 4 is 0 Å². The molecular formula is C15H30N2O2. The fourth-order valence-corrected chi connectivity index (χ4v) is 1.26. The van der Waals surface area contributed by atoms with Gasteiger partial charge in [0.15, 0.2) is 0 Å². The first-order valence-corrected chi connectivity index (χ1v) is 6.92. The highest BCUT2D eigenvalue weighted by Gasteiger charge is 2.04. The number of hydrogen-bond donors (Lipinski definition) is 4. The molecule has 1 rings (SSSR count). The van der Waals surface area contributed by atoms with Crippen molar-refractivity contribution in [1.29, 1.82) is 0 Å². The van der Waals surface area contributed by atoms with Gasteiger partial charge in [-0.15, -0.1) is 0 Å². The molecule has 0 saturated heterocycles. The van der Waals surface area contributed by atoms with Gasteiger partial charge in [0.1, 0.15) is 0 Å². The van der Waals surface area contributed by atoms with Gasteiger partial charge in [0, 0.05) is 6.61 Å². The number of hydrogen-bond acceptors (Lipinski definition) is 4. The van der Waals surface area contributed by atoms with Crippen molar-refractivity contribution in [3.8, 4) is 0 Å². The summed E-state index contributed by atoms with van der Waals surface area (Å²) in [5.41, 5.74) is 5.85. The molecule has 0 aliphatic rings. The van der Waals surface area contributed by atoms with Crippen molar-refractivity contribution in [2.75, 3.05) is 26.2 Å².